The first-order valence-corrected chi connectivity index (χ1v) is 9.67. The van der Waals surface area contributed by atoms with Crippen molar-refractivity contribution in [2.75, 3.05) is 10.6 Å². The summed E-state index contributed by atoms with van der Waals surface area (Å²) in [5.41, 5.74) is 1.05. The standard InChI is InChI=1S/2C12H16NO.Ti/c2*1-4-12(2,3)11(14)13-10-8-6-5-7-9-10;/h2*6-9H,4H2,1-3H3,(H,13,14);/q2*-1;+2. The summed E-state index contributed by atoms with van der Waals surface area (Å²) in [4.78, 5) is 23.5. The monoisotopic (exact) mass is 428 g/mol. The van der Waals surface area contributed by atoms with Gasteiger partial charge >= 0.3 is 21.7 Å². The first-order valence-electron chi connectivity index (χ1n) is 9.67. The molecule has 4 nitrogen and oxygen atoms in total. The van der Waals surface area contributed by atoms with Crippen LogP contribution in [0.2, 0.25) is 0 Å². The molecule has 0 aliphatic rings. The van der Waals surface area contributed by atoms with Gasteiger partial charge in [0.2, 0.25) is 11.8 Å². The maximum Gasteiger partial charge on any atom is 2.00 e. The SMILES string of the molecule is CCC(C)(C)C(=O)Nc1cc[c-]cc1.CCC(C)(C)C(=O)Nc1cc[c-]cc1.[Ti+2]. The van der Waals surface area contributed by atoms with Crippen LogP contribution in [0.3, 0.4) is 0 Å². The van der Waals surface area contributed by atoms with Crippen LogP contribution >= 0.6 is 0 Å². The minimum atomic E-state index is -0.306. The van der Waals surface area contributed by atoms with Crippen molar-refractivity contribution in [2.24, 2.45) is 10.8 Å². The topological polar surface area (TPSA) is 58.2 Å². The van der Waals surface area contributed by atoms with E-state index in [1.165, 1.54) is 0 Å². The van der Waals surface area contributed by atoms with Crippen LogP contribution in [0.4, 0.5) is 11.4 Å². The zero-order valence-corrected chi connectivity index (χ0v) is 19.9. The van der Waals surface area contributed by atoms with Gasteiger partial charge in [-0.05, 0) is 12.8 Å². The molecule has 154 valence electrons. The average Bonchev–Trinajstić information content (AvgIpc) is 2.70. The maximum absolute atomic E-state index is 11.7. The predicted molar refractivity (Wildman–Crippen MR) is 116 cm³/mol. The maximum atomic E-state index is 11.7. The van der Waals surface area contributed by atoms with E-state index in [1.807, 2.05) is 65.8 Å². The molecule has 2 amide bonds. The predicted octanol–water partition coefficient (Wildman–Crippen LogP) is 5.72. The normalized spacial score (nSPS) is 10.7. The van der Waals surface area contributed by atoms with Crippen LogP contribution in [-0.2, 0) is 31.3 Å². The van der Waals surface area contributed by atoms with Gasteiger partial charge in [0, 0.05) is 10.8 Å². The van der Waals surface area contributed by atoms with E-state index in [0.29, 0.717) is 0 Å². The Morgan fingerprint density at radius 3 is 1.24 bits per heavy atom. The van der Waals surface area contributed by atoms with Crippen molar-refractivity contribution in [2.45, 2.75) is 54.4 Å². The van der Waals surface area contributed by atoms with Crippen molar-refractivity contribution in [3.05, 3.63) is 60.7 Å². The summed E-state index contributed by atoms with van der Waals surface area (Å²) in [5.74, 6) is 0.123. The average molecular weight is 428 g/mol. The molecule has 0 atom stereocenters. The van der Waals surface area contributed by atoms with Gasteiger partial charge in [-0.2, -0.15) is 36.4 Å². The summed E-state index contributed by atoms with van der Waals surface area (Å²) in [6, 6.07) is 20.3. The van der Waals surface area contributed by atoms with E-state index in [4.69, 9.17) is 0 Å². The number of benzene rings is 2. The van der Waals surface area contributed by atoms with Gasteiger partial charge in [0.15, 0.2) is 0 Å². The quantitative estimate of drug-likeness (QED) is 0.457. The van der Waals surface area contributed by atoms with Gasteiger partial charge in [-0.15, -0.1) is 24.3 Å². The van der Waals surface area contributed by atoms with E-state index in [9.17, 15) is 9.59 Å². The molecule has 2 rings (SSSR count). The fraction of sp³-hybridized carbons (Fsp3) is 0.417. The summed E-state index contributed by atoms with van der Waals surface area (Å²) in [6.07, 6.45) is 1.66. The number of nitrogens with one attached hydrogen (secondary N) is 2. The molecule has 0 heterocycles. The van der Waals surface area contributed by atoms with Crippen molar-refractivity contribution in [3.63, 3.8) is 0 Å². The van der Waals surface area contributed by atoms with E-state index < -0.39 is 0 Å². The van der Waals surface area contributed by atoms with Gasteiger partial charge in [0.25, 0.3) is 0 Å². The smallest absolute Gasteiger partial charge is 0.349 e. The first kappa shape index (κ1) is 27.1. The molecule has 5 heteroatoms. The fourth-order valence-corrected chi connectivity index (χ4v) is 1.86. The van der Waals surface area contributed by atoms with Gasteiger partial charge in [-0.1, -0.05) is 52.9 Å². The van der Waals surface area contributed by atoms with E-state index >= 15 is 0 Å². The van der Waals surface area contributed by atoms with Crippen LogP contribution in [0.15, 0.2) is 48.5 Å². The number of carbonyl (C=O) groups excluding carboxylic acids is 2. The summed E-state index contributed by atoms with van der Waals surface area (Å²) in [7, 11) is 0. The second-order valence-electron chi connectivity index (χ2n) is 7.96. The molecule has 0 saturated heterocycles. The molecule has 0 aliphatic heterocycles. The third kappa shape index (κ3) is 9.42. The largest absolute Gasteiger partial charge is 2.00 e. The molecule has 0 fully saturated rings. The minimum absolute atomic E-state index is 0. The zero-order valence-electron chi connectivity index (χ0n) is 18.3. The van der Waals surface area contributed by atoms with Crippen LogP contribution in [0, 0.1) is 23.0 Å². The van der Waals surface area contributed by atoms with Crippen LogP contribution in [-0.4, -0.2) is 11.8 Å². The molecule has 0 unspecified atom stereocenters. The van der Waals surface area contributed by atoms with Gasteiger partial charge in [-0.3, -0.25) is 9.59 Å². The summed E-state index contributed by atoms with van der Waals surface area (Å²) >= 11 is 0. The van der Waals surface area contributed by atoms with Crippen LogP contribution < -0.4 is 10.6 Å². The Labute approximate surface area is 190 Å². The van der Waals surface area contributed by atoms with Crippen molar-refractivity contribution in [1.82, 2.24) is 0 Å². The molecule has 2 aromatic rings. The summed E-state index contributed by atoms with van der Waals surface area (Å²) < 4.78 is 0. The molecule has 2 aromatic carbocycles. The molecule has 29 heavy (non-hydrogen) atoms. The Bertz CT molecular complexity index is 678. The molecule has 0 aromatic heterocycles. The number of carbonyl (C=O) groups is 2. The number of hydrogen-bond acceptors (Lipinski definition) is 2. The Balaban J connectivity index is 0.000000523. The summed E-state index contributed by atoms with van der Waals surface area (Å²) in [6.45, 7) is 11.8. The second-order valence-corrected chi connectivity index (χ2v) is 7.96. The van der Waals surface area contributed by atoms with Gasteiger partial charge in [-0.25, -0.2) is 0 Å². The Kier molecular flexibility index (Phi) is 11.8. The van der Waals surface area contributed by atoms with E-state index in [0.717, 1.165) is 24.2 Å². The number of rotatable bonds is 6. The van der Waals surface area contributed by atoms with Crippen LogP contribution in [0.5, 0.6) is 0 Å². The fourth-order valence-electron chi connectivity index (χ4n) is 1.86. The third-order valence-electron chi connectivity index (χ3n) is 4.95. The second kappa shape index (κ2) is 12.6. The molecule has 0 radical (unpaired) electrons. The van der Waals surface area contributed by atoms with Crippen molar-refractivity contribution in [3.8, 4) is 0 Å². The summed E-state index contributed by atoms with van der Waals surface area (Å²) in [5, 5.41) is 5.75. The Morgan fingerprint density at radius 2 is 1.00 bits per heavy atom. The Hall–Kier alpha value is -1.91. The van der Waals surface area contributed by atoms with Gasteiger partial charge < -0.3 is 10.6 Å². The van der Waals surface area contributed by atoms with Gasteiger partial charge in [0.05, 0.1) is 0 Å². The van der Waals surface area contributed by atoms with E-state index in [1.54, 1.807) is 24.3 Å². The zero-order chi connectivity index (χ0) is 21.2. The third-order valence-corrected chi connectivity index (χ3v) is 4.95. The van der Waals surface area contributed by atoms with Crippen LogP contribution in [0.1, 0.15) is 54.4 Å². The number of anilines is 2. The molecule has 2 N–H and O–H groups in total. The first-order chi connectivity index (χ1) is 13.1. The van der Waals surface area contributed by atoms with Crippen LogP contribution in [0.25, 0.3) is 0 Å². The molecule has 0 saturated carbocycles. The Morgan fingerprint density at radius 1 is 0.724 bits per heavy atom. The molecule has 0 spiro atoms. The van der Waals surface area contributed by atoms with Crippen molar-refractivity contribution >= 4 is 23.2 Å². The van der Waals surface area contributed by atoms with Gasteiger partial charge in [0.1, 0.15) is 0 Å². The van der Waals surface area contributed by atoms with Crippen molar-refractivity contribution in [1.29, 1.82) is 0 Å². The molecular formula is C24H32N2O2Ti. The number of amides is 2. The molecule has 0 aliphatic carbocycles. The minimum Gasteiger partial charge on any atom is -0.349 e. The van der Waals surface area contributed by atoms with E-state index in [2.05, 4.69) is 22.8 Å². The molecular weight excluding hydrogens is 396 g/mol. The van der Waals surface area contributed by atoms with E-state index in [-0.39, 0.29) is 44.4 Å². The number of hydrogen-bond donors (Lipinski definition) is 2. The van der Waals surface area contributed by atoms with Crippen molar-refractivity contribution < 1.29 is 31.3 Å². The molecule has 0 bridgehead atoms.